The summed E-state index contributed by atoms with van der Waals surface area (Å²) in [6, 6.07) is 12.2. The van der Waals surface area contributed by atoms with Gasteiger partial charge in [0.1, 0.15) is 5.82 Å². The molecule has 0 aliphatic rings. The van der Waals surface area contributed by atoms with Gasteiger partial charge < -0.3 is 0 Å². The van der Waals surface area contributed by atoms with Gasteiger partial charge in [0.15, 0.2) is 11.6 Å². The van der Waals surface area contributed by atoms with Gasteiger partial charge in [0.05, 0.1) is 5.39 Å². The number of rotatable bonds is 5. The van der Waals surface area contributed by atoms with Crippen LogP contribution in [-0.2, 0) is 12.8 Å². The summed E-state index contributed by atoms with van der Waals surface area (Å²) in [5.74, 6) is -2.83. The Morgan fingerprint density at radius 3 is 2.28 bits per heavy atom. The van der Waals surface area contributed by atoms with Gasteiger partial charge in [0.25, 0.3) is 0 Å². The van der Waals surface area contributed by atoms with E-state index in [0.29, 0.717) is 23.8 Å². The average molecular weight is 340 g/mol. The molecule has 0 aromatic heterocycles. The van der Waals surface area contributed by atoms with E-state index >= 15 is 0 Å². The minimum Gasteiger partial charge on any atom is -0.206 e. The van der Waals surface area contributed by atoms with Crippen LogP contribution in [0.25, 0.3) is 21.9 Å². The third-order valence-electron chi connectivity index (χ3n) is 4.49. The third kappa shape index (κ3) is 3.19. The normalized spacial score (nSPS) is 11.0. The van der Waals surface area contributed by atoms with Crippen LogP contribution in [0.1, 0.15) is 24.5 Å². The van der Waals surface area contributed by atoms with E-state index in [4.69, 9.17) is 0 Å². The molecule has 3 aromatic rings. The van der Waals surface area contributed by atoms with Crippen molar-refractivity contribution in [2.45, 2.75) is 26.2 Å². The smallest absolute Gasteiger partial charge is 0.169 e. The first-order chi connectivity index (χ1) is 12.1. The van der Waals surface area contributed by atoms with Crippen LogP contribution >= 0.6 is 0 Å². The Balaban J connectivity index is 2.16. The summed E-state index contributed by atoms with van der Waals surface area (Å²) < 4.78 is 43.8. The molecular formula is C22H19F3. The molecule has 0 saturated carbocycles. The minimum atomic E-state index is -1.12. The number of allylic oxidation sites excluding steroid dienone is 1. The van der Waals surface area contributed by atoms with Crippen molar-refractivity contribution in [3.05, 3.63) is 83.7 Å². The van der Waals surface area contributed by atoms with Crippen molar-refractivity contribution in [1.29, 1.82) is 0 Å². The molecule has 128 valence electrons. The first kappa shape index (κ1) is 17.3. The van der Waals surface area contributed by atoms with Gasteiger partial charge in [-0.3, -0.25) is 0 Å². The highest BCUT2D eigenvalue weighted by atomic mass is 19.2. The minimum absolute atomic E-state index is 0.240. The fraction of sp³-hybridized carbons (Fsp3) is 0.182. The maximum atomic E-state index is 14.9. The number of benzene rings is 3. The topological polar surface area (TPSA) is 0 Å². The van der Waals surface area contributed by atoms with Gasteiger partial charge >= 0.3 is 0 Å². The molecule has 0 nitrogen and oxygen atoms in total. The van der Waals surface area contributed by atoms with Gasteiger partial charge in [-0.2, -0.15) is 0 Å². The van der Waals surface area contributed by atoms with Crippen LogP contribution in [0.2, 0.25) is 0 Å². The van der Waals surface area contributed by atoms with Gasteiger partial charge in [-0.15, -0.1) is 6.58 Å². The molecule has 0 atom stereocenters. The van der Waals surface area contributed by atoms with Gasteiger partial charge in [-0.05, 0) is 47.4 Å². The number of hydrogen-bond acceptors (Lipinski definition) is 0. The van der Waals surface area contributed by atoms with Crippen molar-refractivity contribution in [2.75, 3.05) is 0 Å². The van der Waals surface area contributed by atoms with Crippen LogP contribution in [0.3, 0.4) is 0 Å². The van der Waals surface area contributed by atoms with E-state index in [1.807, 2.05) is 19.1 Å². The zero-order chi connectivity index (χ0) is 18.0. The van der Waals surface area contributed by atoms with E-state index in [1.165, 1.54) is 6.07 Å². The summed E-state index contributed by atoms with van der Waals surface area (Å²) in [5.41, 5.74) is 2.29. The van der Waals surface area contributed by atoms with E-state index < -0.39 is 17.5 Å². The second-order valence-electron chi connectivity index (χ2n) is 6.07. The van der Waals surface area contributed by atoms with E-state index in [1.54, 1.807) is 30.3 Å². The molecule has 0 heterocycles. The summed E-state index contributed by atoms with van der Waals surface area (Å²) in [5, 5.41) is 0.0707. The van der Waals surface area contributed by atoms with Gasteiger partial charge in [0, 0.05) is 5.56 Å². The van der Waals surface area contributed by atoms with Crippen LogP contribution in [0, 0.1) is 17.5 Å². The standard InChI is InChI=1S/C22H19F3/c1-3-5-6-17-13-16-11-12-18(15-9-7-14(4-2)8-10-15)21(24)19(16)22(25)20(17)23/h3,7-13H,1,4-6H2,2H3. The number of halogens is 3. The van der Waals surface area contributed by atoms with Crippen LogP contribution < -0.4 is 0 Å². The lowest BCUT2D eigenvalue weighted by Gasteiger charge is -2.11. The zero-order valence-corrected chi connectivity index (χ0v) is 14.1. The van der Waals surface area contributed by atoms with E-state index in [2.05, 4.69) is 6.58 Å². The summed E-state index contributed by atoms with van der Waals surface area (Å²) in [6.07, 6.45) is 3.40. The molecule has 0 unspecified atom stereocenters. The SMILES string of the molecule is C=CCCc1cc2ccc(-c3ccc(CC)cc3)c(F)c2c(F)c1F. The van der Waals surface area contributed by atoms with Gasteiger partial charge in [-0.25, -0.2) is 13.2 Å². The first-order valence-corrected chi connectivity index (χ1v) is 8.36. The number of fused-ring (bicyclic) bond motifs is 1. The van der Waals surface area contributed by atoms with Gasteiger partial charge in [0.2, 0.25) is 0 Å². The quantitative estimate of drug-likeness (QED) is 0.459. The molecule has 0 aliphatic heterocycles. The van der Waals surface area contributed by atoms with Gasteiger partial charge in [-0.1, -0.05) is 49.4 Å². The molecule has 0 spiro atoms. The van der Waals surface area contributed by atoms with Crippen molar-refractivity contribution in [3.8, 4) is 11.1 Å². The van der Waals surface area contributed by atoms with Crippen LogP contribution in [-0.4, -0.2) is 0 Å². The van der Waals surface area contributed by atoms with Crippen molar-refractivity contribution in [1.82, 2.24) is 0 Å². The molecule has 3 aromatic carbocycles. The van der Waals surface area contributed by atoms with Crippen molar-refractivity contribution >= 4 is 10.8 Å². The predicted octanol–water partition coefficient (Wildman–Crippen LogP) is 6.61. The molecule has 0 fully saturated rings. The molecule has 0 N–H and O–H groups in total. The molecule has 0 aliphatic carbocycles. The van der Waals surface area contributed by atoms with Crippen LogP contribution in [0.4, 0.5) is 13.2 Å². The largest absolute Gasteiger partial charge is 0.206 e. The summed E-state index contributed by atoms with van der Waals surface area (Å²) in [4.78, 5) is 0. The Bertz CT molecular complexity index is 924. The highest BCUT2D eigenvalue weighted by molar-refractivity contribution is 5.89. The maximum absolute atomic E-state index is 14.9. The van der Waals surface area contributed by atoms with Crippen molar-refractivity contribution in [2.24, 2.45) is 0 Å². The molecule has 0 saturated heterocycles. The lowest BCUT2D eigenvalue weighted by Crippen LogP contribution is -1.99. The Kier molecular flexibility index (Phi) is 4.93. The lowest BCUT2D eigenvalue weighted by molar-refractivity contribution is 0.502. The molecule has 25 heavy (non-hydrogen) atoms. The molecule has 3 rings (SSSR count). The molecule has 0 bridgehead atoms. The fourth-order valence-corrected chi connectivity index (χ4v) is 3.02. The van der Waals surface area contributed by atoms with Crippen LogP contribution in [0.15, 0.2) is 55.1 Å². The average Bonchev–Trinajstić information content (AvgIpc) is 2.63. The summed E-state index contributed by atoms with van der Waals surface area (Å²) >= 11 is 0. The predicted molar refractivity (Wildman–Crippen MR) is 97.2 cm³/mol. The Hall–Kier alpha value is -2.55. The monoisotopic (exact) mass is 340 g/mol. The molecule has 0 radical (unpaired) electrons. The summed E-state index contributed by atoms with van der Waals surface area (Å²) in [7, 11) is 0. The van der Waals surface area contributed by atoms with Crippen molar-refractivity contribution < 1.29 is 13.2 Å². The highest BCUT2D eigenvalue weighted by Gasteiger charge is 2.19. The lowest BCUT2D eigenvalue weighted by atomic mass is 9.96. The van der Waals surface area contributed by atoms with E-state index in [9.17, 15) is 13.2 Å². The summed E-state index contributed by atoms with van der Waals surface area (Å²) in [6.45, 7) is 5.62. The molecule has 0 amide bonds. The second kappa shape index (κ2) is 7.14. The number of hydrogen-bond donors (Lipinski definition) is 0. The van der Waals surface area contributed by atoms with E-state index in [0.717, 1.165) is 12.0 Å². The Morgan fingerprint density at radius 1 is 0.920 bits per heavy atom. The fourth-order valence-electron chi connectivity index (χ4n) is 3.02. The molecule has 3 heteroatoms. The van der Waals surface area contributed by atoms with Crippen LogP contribution in [0.5, 0.6) is 0 Å². The zero-order valence-electron chi connectivity index (χ0n) is 14.1. The van der Waals surface area contributed by atoms with E-state index in [-0.39, 0.29) is 16.5 Å². The second-order valence-corrected chi connectivity index (χ2v) is 6.07. The Labute approximate surface area is 145 Å². The first-order valence-electron chi connectivity index (χ1n) is 8.36. The molecular weight excluding hydrogens is 321 g/mol. The van der Waals surface area contributed by atoms with Crippen molar-refractivity contribution in [3.63, 3.8) is 0 Å². The number of aryl methyl sites for hydroxylation is 2. The maximum Gasteiger partial charge on any atom is 0.169 e. The third-order valence-corrected chi connectivity index (χ3v) is 4.49. The highest BCUT2D eigenvalue weighted by Crippen LogP contribution is 2.33. The Morgan fingerprint density at radius 2 is 1.64 bits per heavy atom.